The molecule has 0 aliphatic heterocycles. The highest BCUT2D eigenvalue weighted by Gasteiger charge is 2.22. The first-order valence-corrected chi connectivity index (χ1v) is 10.8. The van der Waals surface area contributed by atoms with E-state index in [1.807, 2.05) is 0 Å². The summed E-state index contributed by atoms with van der Waals surface area (Å²) in [6.45, 7) is 0. The quantitative estimate of drug-likeness (QED) is 0.406. The minimum absolute atomic E-state index is 0.00607. The second-order valence-electron chi connectivity index (χ2n) is 6.21. The zero-order chi connectivity index (χ0) is 21.9. The summed E-state index contributed by atoms with van der Waals surface area (Å²) in [5.41, 5.74) is 0.560. The van der Waals surface area contributed by atoms with Crippen molar-refractivity contribution >= 4 is 48.9 Å². The summed E-state index contributed by atoms with van der Waals surface area (Å²) in [6.07, 6.45) is 0. The number of anilines is 2. The molecule has 0 radical (unpaired) electrons. The Kier molecular flexibility index (Phi) is 6.18. The number of halogens is 1. The molecule has 30 heavy (non-hydrogen) atoms. The van der Waals surface area contributed by atoms with Gasteiger partial charge >= 0.3 is 0 Å². The molecular formula is C20H16BrN3O5S. The van der Waals surface area contributed by atoms with Crippen LogP contribution in [0.5, 0.6) is 0 Å². The summed E-state index contributed by atoms with van der Waals surface area (Å²) >= 11 is 3.07. The van der Waals surface area contributed by atoms with E-state index in [2.05, 4.69) is 21.2 Å². The molecule has 0 aliphatic carbocycles. The van der Waals surface area contributed by atoms with Crippen LogP contribution in [0, 0.1) is 10.1 Å². The van der Waals surface area contributed by atoms with Crippen LogP contribution in [0.1, 0.15) is 10.4 Å². The number of benzene rings is 3. The Morgan fingerprint density at radius 3 is 2.40 bits per heavy atom. The van der Waals surface area contributed by atoms with E-state index in [1.54, 1.807) is 30.3 Å². The maximum atomic E-state index is 12.9. The predicted octanol–water partition coefficient (Wildman–Crippen LogP) is 4.43. The minimum atomic E-state index is -3.85. The first-order valence-electron chi connectivity index (χ1n) is 8.59. The molecular weight excluding hydrogens is 474 g/mol. The first kappa shape index (κ1) is 21.5. The van der Waals surface area contributed by atoms with Crippen LogP contribution in [0.15, 0.2) is 82.2 Å². The molecule has 0 aromatic heterocycles. The van der Waals surface area contributed by atoms with E-state index in [0.717, 1.165) is 10.4 Å². The lowest BCUT2D eigenvalue weighted by Gasteiger charge is -2.19. The number of sulfonamides is 1. The molecule has 3 aromatic carbocycles. The number of para-hydroxylation sites is 1. The van der Waals surface area contributed by atoms with E-state index in [9.17, 15) is 23.3 Å². The molecule has 1 amide bonds. The molecule has 3 aromatic rings. The second-order valence-corrected chi connectivity index (χ2v) is 9.04. The summed E-state index contributed by atoms with van der Waals surface area (Å²) in [5, 5.41) is 13.6. The molecule has 0 aliphatic rings. The summed E-state index contributed by atoms with van der Waals surface area (Å²) in [7, 11) is -2.41. The van der Waals surface area contributed by atoms with Crippen molar-refractivity contribution in [2.24, 2.45) is 0 Å². The monoisotopic (exact) mass is 489 g/mol. The van der Waals surface area contributed by atoms with E-state index in [-0.39, 0.29) is 26.3 Å². The van der Waals surface area contributed by atoms with Crippen molar-refractivity contribution in [3.63, 3.8) is 0 Å². The number of hydrogen-bond acceptors (Lipinski definition) is 5. The van der Waals surface area contributed by atoms with Crippen molar-refractivity contribution in [1.82, 2.24) is 0 Å². The molecule has 1 N–H and O–H groups in total. The number of carbonyl (C=O) groups is 1. The molecule has 0 spiro atoms. The van der Waals surface area contributed by atoms with Crippen molar-refractivity contribution < 1.29 is 18.1 Å². The van der Waals surface area contributed by atoms with Crippen LogP contribution in [-0.4, -0.2) is 26.3 Å². The van der Waals surface area contributed by atoms with Crippen molar-refractivity contribution in [3.8, 4) is 0 Å². The molecule has 8 nitrogen and oxygen atoms in total. The highest BCUT2D eigenvalue weighted by atomic mass is 79.9. The van der Waals surface area contributed by atoms with Gasteiger partial charge in [-0.05, 0) is 58.4 Å². The van der Waals surface area contributed by atoms with Crippen LogP contribution >= 0.6 is 15.9 Å². The maximum Gasteiger partial charge on any atom is 0.284 e. The Balaban J connectivity index is 1.86. The van der Waals surface area contributed by atoms with Gasteiger partial charge in [0.1, 0.15) is 0 Å². The Labute approximate surface area is 181 Å². The summed E-state index contributed by atoms with van der Waals surface area (Å²) in [4.78, 5) is 23.0. The van der Waals surface area contributed by atoms with Gasteiger partial charge in [0.2, 0.25) is 0 Å². The Bertz CT molecular complexity index is 1220. The third-order valence-corrected chi connectivity index (χ3v) is 6.73. The summed E-state index contributed by atoms with van der Waals surface area (Å²) < 4.78 is 27.3. The third kappa shape index (κ3) is 4.50. The molecule has 0 saturated heterocycles. The molecule has 0 atom stereocenters. The van der Waals surface area contributed by atoms with Gasteiger partial charge in [-0.25, -0.2) is 8.42 Å². The van der Waals surface area contributed by atoms with Gasteiger partial charge < -0.3 is 5.32 Å². The molecule has 0 fully saturated rings. The molecule has 154 valence electrons. The van der Waals surface area contributed by atoms with E-state index in [1.165, 1.54) is 43.4 Å². The van der Waals surface area contributed by atoms with E-state index < -0.39 is 20.9 Å². The van der Waals surface area contributed by atoms with Gasteiger partial charge in [0.25, 0.3) is 21.6 Å². The van der Waals surface area contributed by atoms with Crippen molar-refractivity contribution in [3.05, 3.63) is 92.9 Å². The lowest BCUT2D eigenvalue weighted by molar-refractivity contribution is -0.385. The molecule has 10 heteroatoms. The predicted molar refractivity (Wildman–Crippen MR) is 117 cm³/mol. The van der Waals surface area contributed by atoms with Crippen LogP contribution in [0.2, 0.25) is 0 Å². The van der Waals surface area contributed by atoms with Gasteiger partial charge in [-0.2, -0.15) is 0 Å². The molecule has 0 saturated carbocycles. The van der Waals surface area contributed by atoms with E-state index >= 15 is 0 Å². The standard InChI is InChI=1S/C20H16BrN3O5S/c1-23(16-7-3-2-4-8-16)30(28,29)17-9-5-6-15(13-17)22-20(25)14-10-11-18(21)19(12-14)24(26)27/h2-13H,1H3,(H,22,25). The number of nitro groups is 1. The second kappa shape index (κ2) is 8.64. The number of amides is 1. The SMILES string of the molecule is CN(c1ccccc1)S(=O)(=O)c1cccc(NC(=O)c2ccc(Br)c([N+](=O)[O-])c2)c1. The third-order valence-electron chi connectivity index (χ3n) is 4.28. The Hall–Kier alpha value is -3.24. The fourth-order valence-corrected chi connectivity index (χ4v) is 4.30. The zero-order valence-corrected chi connectivity index (χ0v) is 18.1. The number of nitrogens with one attached hydrogen (secondary N) is 1. The van der Waals surface area contributed by atoms with Gasteiger partial charge in [0.05, 0.1) is 20.0 Å². The van der Waals surface area contributed by atoms with Gasteiger partial charge in [-0.1, -0.05) is 24.3 Å². The van der Waals surface area contributed by atoms with Gasteiger partial charge in [-0.3, -0.25) is 19.2 Å². The van der Waals surface area contributed by atoms with Crippen LogP contribution in [0.25, 0.3) is 0 Å². The fraction of sp³-hybridized carbons (Fsp3) is 0.0500. The Morgan fingerprint density at radius 1 is 1.03 bits per heavy atom. The first-order chi connectivity index (χ1) is 14.2. The van der Waals surface area contributed by atoms with Crippen LogP contribution in [-0.2, 0) is 10.0 Å². The summed E-state index contributed by atoms with van der Waals surface area (Å²) in [6, 6.07) is 18.4. The molecule has 0 bridgehead atoms. The van der Waals surface area contributed by atoms with Gasteiger partial charge in [0.15, 0.2) is 0 Å². The largest absolute Gasteiger partial charge is 0.322 e. The van der Waals surface area contributed by atoms with Crippen molar-refractivity contribution in [2.75, 3.05) is 16.7 Å². The highest BCUT2D eigenvalue weighted by molar-refractivity contribution is 9.10. The number of hydrogen-bond donors (Lipinski definition) is 1. The summed E-state index contributed by atoms with van der Waals surface area (Å²) in [5.74, 6) is -0.600. The highest BCUT2D eigenvalue weighted by Crippen LogP contribution is 2.27. The van der Waals surface area contributed by atoms with E-state index in [4.69, 9.17) is 0 Å². The zero-order valence-electron chi connectivity index (χ0n) is 15.7. The molecule has 3 rings (SSSR count). The molecule has 0 heterocycles. The average Bonchev–Trinajstić information content (AvgIpc) is 2.74. The lowest BCUT2D eigenvalue weighted by atomic mass is 10.2. The van der Waals surface area contributed by atoms with Crippen molar-refractivity contribution in [1.29, 1.82) is 0 Å². The number of rotatable bonds is 6. The topological polar surface area (TPSA) is 110 Å². The number of nitro benzene ring substituents is 1. The maximum absolute atomic E-state index is 12.9. The van der Waals surface area contributed by atoms with Gasteiger partial charge in [-0.15, -0.1) is 0 Å². The van der Waals surface area contributed by atoms with E-state index in [0.29, 0.717) is 5.69 Å². The smallest absolute Gasteiger partial charge is 0.284 e. The van der Waals surface area contributed by atoms with Crippen LogP contribution in [0.3, 0.4) is 0 Å². The lowest BCUT2D eigenvalue weighted by Crippen LogP contribution is -2.26. The Morgan fingerprint density at radius 2 is 1.73 bits per heavy atom. The average molecular weight is 490 g/mol. The normalized spacial score (nSPS) is 11.0. The number of carbonyl (C=O) groups excluding carboxylic acids is 1. The van der Waals surface area contributed by atoms with Crippen LogP contribution < -0.4 is 9.62 Å². The minimum Gasteiger partial charge on any atom is -0.322 e. The van der Waals surface area contributed by atoms with Crippen LogP contribution in [0.4, 0.5) is 17.1 Å². The number of nitrogens with zero attached hydrogens (tertiary/aromatic N) is 2. The fourth-order valence-electron chi connectivity index (χ4n) is 2.67. The van der Waals surface area contributed by atoms with Crippen molar-refractivity contribution in [2.45, 2.75) is 4.90 Å². The van der Waals surface area contributed by atoms with Gasteiger partial charge in [0, 0.05) is 24.4 Å². The molecule has 0 unspecified atom stereocenters.